The number of ether oxygens (including phenoxy) is 1. The largest absolute Gasteiger partial charge is 0.377 e. The van der Waals surface area contributed by atoms with Gasteiger partial charge in [0.25, 0.3) is 5.91 Å². The summed E-state index contributed by atoms with van der Waals surface area (Å²) >= 11 is 0. The predicted molar refractivity (Wildman–Crippen MR) is 89.2 cm³/mol. The van der Waals surface area contributed by atoms with Crippen LogP contribution in [0.5, 0.6) is 0 Å². The first-order valence-corrected chi connectivity index (χ1v) is 8.34. The van der Waals surface area contributed by atoms with Crippen molar-refractivity contribution in [1.82, 2.24) is 4.90 Å². The zero-order valence-corrected chi connectivity index (χ0v) is 13.5. The second-order valence-corrected chi connectivity index (χ2v) is 7.00. The molecule has 0 N–H and O–H groups in total. The Morgan fingerprint density at radius 1 is 1.17 bits per heavy atom. The second kappa shape index (κ2) is 6.02. The van der Waals surface area contributed by atoms with Crippen LogP contribution in [-0.2, 0) is 11.2 Å². The third-order valence-electron chi connectivity index (χ3n) is 5.00. The van der Waals surface area contributed by atoms with Crippen molar-refractivity contribution in [3.8, 4) is 0 Å². The van der Waals surface area contributed by atoms with Gasteiger partial charge in [0.15, 0.2) is 0 Å². The SMILES string of the molecule is O=C(c1ccccc1)N1CC2(COC(Cc3cccc(F)c3)C2)C1. The van der Waals surface area contributed by atoms with Crippen molar-refractivity contribution in [3.63, 3.8) is 0 Å². The lowest BCUT2D eigenvalue weighted by Gasteiger charge is -2.47. The fraction of sp³-hybridized carbons (Fsp3) is 0.350. The fourth-order valence-corrected chi connectivity index (χ4v) is 3.84. The Morgan fingerprint density at radius 3 is 2.71 bits per heavy atom. The van der Waals surface area contributed by atoms with Crippen molar-refractivity contribution in [2.45, 2.75) is 18.9 Å². The Balaban J connectivity index is 1.34. The summed E-state index contributed by atoms with van der Waals surface area (Å²) < 4.78 is 19.2. The van der Waals surface area contributed by atoms with Crippen LogP contribution in [0.1, 0.15) is 22.3 Å². The molecule has 4 rings (SSSR count). The van der Waals surface area contributed by atoms with Gasteiger partial charge in [-0.15, -0.1) is 0 Å². The molecule has 124 valence electrons. The average Bonchev–Trinajstić information content (AvgIpc) is 2.98. The zero-order valence-electron chi connectivity index (χ0n) is 13.5. The molecule has 1 atom stereocenters. The van der Waals surface area contributed by atoms with Crippen LogP contribution in [0, 0.1) is 11.2 Å². The number of likely N-dealkylation sites (tertiary alicyclic amines) is 1. The van der Waals surface area contributed by atoms with E-state index in [1.807, 2.05) is 41.3 Å². The third-order valence-corrected chi connectivity index (χ3v) is 5.00. The van der Waals surface area contributed by atoms with E-state index in [1.165, 1.54) is 6.07 Å². The zero-order chi connectivity index (χ0) is 16.6. The maximum absolute atomic E-state index is 13.3. The summed E-state index contributed by atoms with van der Waals surface area (Å²) in [7, 11) is 0. The summed E-state index contributed by atoms with van der Waals surface area (Å²) in [6.45, 7) is 2.19. The van der Waals surface area contributed by atoms with Gasteiger partial charge in [0.1, 0.15) is 5.82 Å². The minimum absolute atomic E-state index is 0.0857. The van der Waals surface area contributed by atoms with Gasteiger partial charge in [0.05, 0.1) is 12.7 Å². The number of hydrogen-bond acceptors (Lipinski definition) is 2. The van der Waals surface area contributed by atoms with E-state index in [9.17, 15) is 9.18 Å². The molecule has 1 unspecified atom stereocenters. The summed E-state index contributed by atoms with van der Waals surface area (Å²) in [6, 6.07) is 16.1. The predicted octanol–water partition coefficient (Wildman–Crippen LogP) is 3.30. The molecule has 0 bridgehead atoms. The smallest absolute Gasteiger partial charge is 0.253 e. The Bertz CT molecular complexity index is 740. The molecule has 2 aromatic rings. The molecule has 2 aliphatic heterocycles. The summed E-state index contributed by atoms with van der Waals surface area (Å²) in [5, 5.41) is 0. The number of nitrogens with zero attached hydrogens (tertiary/aromatic N) is 1. The van der Waals surface area contributed by atoms with Crippen molar-refractivity contribution >= 4 is 5.91 Å². The van der Waals surface area contributed by atoms with E-state index >= 15 is 0 Å². The van der Waals surface area contributed by atoms with Crippen LogP contribution in [0.3, 0.4) is 0 Å². The number of benzene rings is 2. The average molecular weight is 325 g/mol. The third kappa shape index (κ3) is 2.94. The van der Waals surface area contributed by atoms with Gasteiger partial charge >= 0.3 is 0 Å². The Morgan fingerprint density at radius 2 is 1.96 bits per heavy atom. The van der Waals surface area contributed by atoms with Gasteiger partial charge in [-0.25, -0.2) is 4.39 Å². The summed E-state index contributed by atoms with van der Waals surface area (Å²) in [5.41, 5.74) is 1.79. The van der Waals surface area contributed by atoms with Crippen molar-refractivity contribution in [1.29, 1.82) is 0 Å². The van der Waals surface area contributed by atoms with Crippen molar-refractivity contribution in [3.05, 3.63) is 71.5 Å². The topological polar surface area (TPSA) is 29.5 Å². The van der Waals surface area contributed by atoms with Crippen molar-refractivity contribution in [2.75, 3.05) is 19.7 Å². The molecule has 1 spiro atoms. The lowest BCUT2D eigenvalue weighted by molar-refractivity contribution is -0.00133. The molecule has 2 aromatic carbocycles. The second-order valence-electron chi connectivity index (χ2n) is 7.00. The molecule has 0 radical (unpaired) electrons. The summed E-state index contributed by atoms with van der Waals surface area (Å²) in [6.07, 6.45) is 1.77. The van der Waals surface area contributed by atoms with Crippen LogP contribution in [-0.4, -0.2) is 36.6 Å². The highest BCUT2D eigenvalue weighted by Crippen LogP contribution is 2.42. The molecular weight excluding hydrogens is 305 g/mol. The van der Waals surface area contributed by atoms with Crippen LogP contribution >= 0.6 is 0 Å². The first-order valence-electron chi connectivity index (χ1n) is 8.34. The first kappa shape index (κ1) is 15.3. The molecule has 4 heteroatoms. The van der Waals surface area contributed by atoms with Gasteiger partial charge in [-0.3, -0.25) is 4.79 Å². The number of hydrogen-bond donors (Lipinski definition) is 0. The number of amides is 1. The van der Waals surface area contributed by atoms with E-state index in [0.717, 1.165) is 37.1 Å². The molecular formula is C20H20FNO2. The van der Waals surface area contributed by atoms with Crippen LogP contribution in [0.4, 0.5) is 4.39 Å². The molecule has 0 saturated carbocycles. The maximum atomic E-state index is 13.3. The van der Waals surface area contributed by atoms with Gasteiger partial charge in [-0.05, 0) is 42.7 Å². The van der Waals surface area contributed by atoms with Gasteiger partial charge in [0, 0.05) is 24.1 Å². The van der Waals surface area contributed by atoms with E-state index < -0.39 is 0 Å². The van der Waals surface area contributed by atoms with E-state index in [1.54, 1.807) is 12.1 Å². The monoisotopic (exact) mass is 325 g/mol. The van der Waals surface area contributed by atoms with Crippen molar-refractivity contribution in [2.24, 2.45) is 5.41 Å². The first-order chi connectivity index (χ1) is 11.6. The minimum atomic E-state index is -0.205. The van der Waals surface area contributed by atoms with Gasteiger partial charge in [-0.2, -0.15) is 0 Å². The molecule has 24 heavy (non-hydrogen) atoms. The molecule has 0 aromatic heterocycles. The van der Waals surface area contributed by atoms with Crippen LogP contribution in [0.15, 0.2) is 54.6 Å². The molecule has 2 aliphatic rings. The van der Waals surface area contributed by atoms with E-state index in [2.05, 4.69) is 0 Å². The van der Waals surface area contributed by atoms with Gasteiger partial charge in [0.2, 0.25) is 0 Å². The molecule has 2 heterocycles. The summed E-state index contributed by atoms with van der Waals surface area (Å²) in [5.74, 6) is -0.113. The van der Waals surface area contributed by atoms with E-state index in [0.29, 0.717) is 6.61 Å². The molecule has 3 nitrogen and oxygen atoms in total. The van der Waals surface area contributed by atoms with E-state index in [-0.39, 0.29) is 23.2 Å². The quantitative estimate of drug-likeness (QED) is 0.866. The Hall–Kier alpha value is -2.20. The molecule has 1 amide bonds. The normalized spacial score (nSPS) is 21.7. The highest BCUT2D eigenvalue weighted by atomic mass is 19.1. The number of carbonyl (C=O) groups excluding carboxylic acids is 1. The summed E-state index contributed by atoms with van der Waals surface area (Å²) in [4.78, 5) is 14.3. The number of rotatable bonds is 3. The van der Waals surface area contributed by atoms with Crippen LogP contribution < -0.4 is 0 Å². The molecule has 2 saturated heterocycles. The Labute approximate surface area is 141 Å². The highest BCUT2D eigenvalue weighted by molar-refractivity contribution is 5.94. The lowest BCUT2D eigenvalue weighted by Crippen LogP contribution is -2.58. The van der Waals surface area contributed by atoms with Crippen LogP contribution in [0.2, 0.25) is 0 Å². The Kier molecular flexibility index (Phi) is 3.85. The molecule has 2 fully saturated rings. The minimum Gasteiger partial charge on any atom is -0.377 e. The van der Waals surface area contributed by atoms with Crippen LogP contribution in [0.25, 0.3) is 0 Å². The standard InChI is InChI=1S/C20H20FNO2/c21-17-8-4-5-15(9-17)10-18-11-20(14-24-18)12-22(13-20)19(23)16-6-2-1-3-7-16/h1-9,18H,10-14H2. The highest BCUT2D eigenvalue weighted by Gasteiger charge is 2.50. The number of carbonyl (C=O) groups is 1. The van der Waals surface area contributed by atoms with Gasteiger partial charge < -0.3 is 9.64 Å². The maximum Gasteiger partial charge on any atom is 0.253 e. The lowest BCUT2D eigenvalue weighted by atomic mass is 9.77. The molecule has 0 aliphatic carbocycles. The van der Waals surface area contributed by atoms with E-state index in [4.69, 9.17) is 4.74 Å². The fourth-order valence-electron chi connectivity index (χ4n) is 3.84. The van der Waals surface area contributed by atoms with Crippen molar-refractivity contribution < 1.29 is 13.9 Å². The van der Waals surface area contributed by atoms with Gasteiger partial charge in [-0.1, -0.05) is 30.3 Å². The number of halogens is 1.